The van der Waals surface area contributed by atoms with Gasteiger partial charge >= 0.3 is 0 Å². The number of dihydropyridines is 1. The minimum Gasteiger partial charge on any atom is -0.289 e. The van der Waals surface area contributed by atoms with E-state index in [9.17, 15) is 0 Å². The van der Waals surface area contributed by atoms with E-state index < -0.39 is 0 Å². The standard InChI is InChI=1S/C16H20ClN/c1-11-14(12-5-7-13(17)8-6-12)9-10-18-15(11)16(2,3)4/h5-8H,9-10H2,1-4H3. The zero-order valence-electron chi connectivity index (χ0n) is 11.5. The molecular weight excluding hydrogens is 242 g/mol. The Hall–Kier alpha value is -1.08. The van der Waals surface area contributed by atoms with Gasteiger partial charge in [-0.15, -0.1) is 0 Å². The van der Waals surface area contributed by atoms with Crippen LogP contribution in [0.25, 0.3) is 5.57 Å². The molecule has 2 heteroatoms. The molecule has 0 N–H and O–H groups in total. The summed E-state index contributed by atoms with van der Waals surface area (Å²) in [6.07, 6.45) is 1.02. The third-order valence-corrected chi connectivity index (χ3v) is 3.59. The highest BCUT2D eigenvalue weighted by molar-refractivity contribution is 6.30. The number of hydrogen-bond donors (Lipinski definition) is 0. The van der Waals surface area contributed by atoms with Crippen molar-refractivity contribution < 1.29 is 0 Å². The Labute approximate surface area is 115 Å². The molecule has 1 heterocycles. The average Bonchev–Trinajstić information content (AvgIpc) is 2.29. The summed E-state index contributed by atoms with van der Waals surface area (Å²) < 4.78 is 0. The van der Waals surface area contributed by atoms with E-state index in [0.29, 0.717) is 0 Å². The van der Waals surface area contributed by atoms with Crippen LogP contribution >= 0.6 is 11.6 Å². The van der Waals surface area contributed by atoms with Gasteiger partial charge in [-0.25, -0.2) is 0 Å². The van der Waals surface area contributed by atoms with Crippen molar-refractivity contribution in [3.8, 4) is 0 Å². The van der Waals surface area contributed by atoms with Crippen LogP contribution in [0, 0.1) is 5.41 Å². The molecule has 0 amide bonds. The largest absolute Gasteiger partial charge is 0.289 e. The molecule has 1 aliphatic heterocycles. The first-order chi connectivity index (χ1) is 8.39. The maximum absolute atomic E-state index is 5.95. The second-order valence-electron chi connectivity index (χ2n) is 5.84. The maximum atomic E-state index is 5.95. The van der Waals surface area contributed by atoms with Crippen LogP contribution in [-0.2, 0) is 0 Å². The van der Waals surface area contributed by atoms with Crippen molar-refractivity contribution in [3.63, 3.8) is 0 Å². The van der Waals surface area contributed by atoms with Crippen molar-refractivity contribution in [2.45, 2.75) is 34.1 Å². The van der Waals surface area contributed by atoms with Gasteiger partial charge in [0.2, 0.25) is 0 Å². The summed E-state index contributed by atoms with van der Waals surface area (Å²) in [5, 5.41) is 0.789. The van der Waals surface area contributed by atoms with Gasteiger partial charge in [0.1, 0.15) is 0 Å². The Balaban J connectivity index is 2.44. The smallest absolute Gasteiger partial charge is 0.0433 e. The predicted octanol–water partition coefficient (Wildman–Crippen LogP) is 5.00. The predicted molar refractivity (Wildman–Crippen MR) is 80.4 cm³/mol. The zero-order valence-corrected chi connectivity index (χ0v) is 12.3. The first kappa shape index (κ1) is 13.4. The quantitative estimate of drug-likeness (QED) is 0.674. The fourth-order valence-electron chi connectivity index (χ4n) is 2.54. The lowest BCUT2D eigenvalue weighted by Crippen LogP contribution is -2.25. The summed E-state index contributed by atoms with van der Waals surface area (Å²) in [6, 6.07) is 8.12. The summed E-state index contributed by atoms with van der Waals surface area (Å²) >= 11 is 5.95. The van der Waals surface area contributed by atoms with Crippen LogP contribution < -0.4 is 0 Å². The zero-order chi connectivity index (χ0) is 13.3. The Bertz CT molecular complexity index is 501. The van der Waals surface area contributed by atoms with Crippen LogP contribution in [0.1, 0.15) is 39.7 Å². The number of halogens is 1. The lowest BCUT2D eigenvalue weighted by molar-refractivity contribution is 0.586. The number of rotatable bonds is 1. The van der Waals surface area contributed by atoms with Crippen molar-refractivity contribution in [1.29, 1.82) is 0 Å². The Morgan fingerprint density at radius 1 is 1.11 bits per heavy atom. The second kappa shape index (κ2) is 4.89. The molecule has 0 aromatic heterocycles. The van der Waals surface area contributed by atoms with E-state index in [2.05, 4.69) is 39.8 Å². The van der Waals surface area contributed by atoms with Crippen molar-refractivity contribution in [1.82, 2.24) is 0 Å². The van der Waals surface area contributed by atoms with E-state index in [1.807, 2.05) is 12.1 Å². The molecule has 0 radical (unpaired) electrons. The summed E-state index contributed by atoms with van der Waals surface area (Å²) in [6.45, 7) is 9.75. The minimum absolute atomic E-state index is 0.113. The van der Waals surface area contributed by atoms with Gasteiger partial charge in [-0.2, -0.15) is 0 Å². The van der Waals surface area contributed by atoms with E-state index in [0.717, 1.165) is 18.0 Å². The third-order valence-electron chi connectivity index (χ3n) is 3.34. The molecule has 1 nitrogen and oxygen atoms in total. The molecule has 0 bridgehead atoms. The molecular formula is C16H20ClN. The Kier molecular flexibility index (Phi) is 3.63. The molecule has 0 atom stereocenters. The summed E-state index contributed by atoms with van der Waals surface area (Å²) in [5.74, 6) is 0. The fraction of sp³-hybridized carbons (Fsp3) is 0.438. The highest BCUT2D eigenvalue weighted by Crippen LogP contribution is 2.33. The SMILES string of the molecule is CC1=C(c2ccc(Cl)cc2)CCN=C1C(C)(C)C. The molecule has 0 unspecified atom stereocenters. The molecule has 0 saturated carbocycles. The van der Waals surface area contributed by atoms with Gasteiger partial charge in [-0.3, -0.25) is 4.99 Å². The summed E-state index contributed by atoms with van der Waals surface area (Å²) in [5.41, 5.74) is 5.36. The highest BCUT2D eigenvalue weighted by atomic mass is 35.5. The highest BCUT2D eigenvalue weighted by Gasteiger charge is 2.25. The summed E-state index contributed by atoms with van der Waals surface area (Å²) in [7, 11) is 0. The van der Waals surface area contributed by atoms with Gasteiger partial charge in [0, 0.05) is 22.7 Å². The van der Waals surface area contributed by atoms with Crippen LogP contribution in [0.2, 0.25) is 5.02 Å². The van der Waals surface area contributed by atoms with E-state index in [4.69, 9.17) is 16.6 Å². The van der Waals surface area contributed by atoms with Gasteiger partial charge in [-0.05, 0) is 42.2 Å². The molecule has 0 saturated heterocycles. The van der Waals surface area contributed by atoms with Crippen LogP contribution in [0.4, 0.5) is 0 Å². The molecule has 1 aliphatic rings. The number of nitrogens with zero attached hydrogens (tertiary/aromatic N) is 1. The van der Waals surface area contributed by atoms with Crippen molar-refractivity contribution >= 4 is 22.9 Å². The van der Waals surface area contributed by atoms with Gasteiger partial charge in [0.05, 0.1) is 0 Å². The molecule has 96 valence electrons. The monoisotopic (exact) mass is 261 g/mol. The van der Waals surface area contributed by atoms with E-state index >= 15 is 0 Å². The minimum atomic E-state index is 0.113. The van der Waals surface area contributed by atoms with Crippen LogP contribution in [-0.4, -0.2) is 12.3 Å². The van der Waals surface area contributed by atoms with Gasteiger partial charge in [0.15, 0.2) is 0 Å². The van der Waals surface area contributed by atoms with Crippen LogP contribution in [0.15, 0.2) is 34.8 Å². The van der Waals surface area contributed by atoms with Gasteiger partial charge in [-0.1, -0.05) is 44.5 Å². The molecule has 1 aromatic carbocycles. The normalized spacial score (nSPS) is 16.8. The topological polar surface area (TPSA) is 12.4 Å². The number of allylic oxidation sites excluding steroid dienone is 1. The summed E-state index contributed by atoms with van der Waals surface area (Å²) in [4.78, 5) is 4.71. The lowest BCUT2D eigenvalue weighted by Gasteiger charge is -2.28. The molecule has 0 aliphatic carbocycles. The fourth-order valence-corrected chi connectivity index (χ4v) is 2.67. The lowest BCUT2D eigenvalue weighted by atomic mass is 9.81. The van der Waals surface area contributed by atoms with Crippen molar-refractivity contribution in [2.24, 2.45) is 10.4 Å². The first-order valence-electron chi connectivity index (χ1n) is 6.40. The average molecular weight is 262 g/mol. The Morgan fingerprint density at radius 2 is 1.72 bits per heavy atom. The number of hydrogen-bond acceptors (Lipinski definition) is 1. The third kappa shape index (κ3) is 2.67. The first-order valence-corrected chi connectivity index (χ1v) is 6.78. The van der Waals surface area contributed by atoms with Gasteiger partial charge in [0.25, 0.3) is 0 Å². The number of aliphatic imine (C=N–C) groups is 1. The maximum Gasteiger partial charge on any atom is 0.0433 e. The van der Waals surface area contributed by atoms with Crippen molar-refractivity contribution in [2.75, 3.05) is 6.54 Å². The molecule has 0 spiro atoms. The molecule has 18 heavy (non-hydrogen) atoms. The Morgan fingerprint density at radius 3 is 2.28 bits per heavy atom. The van der Waals surface area contributed by atoms with Gasteiger partial charge < -0.3 is 0 Å². The van der Waals surface area contributed by atoms with Crippen LogP contribution in [0.5, 0.6) is 0 Å². The van der Waals surface area contributed by atoms with E-state index in [-0.39, 0.29) is 5.41 Å². The molecule has 0 fully saturated rings. The molecule has 1 aromatic rings. The van der Waals surface area contributed by atoms with Crippen molar-refractivity contribution in [3.05, 3.63) is 40.4 Å². The second-order valence-corrected chi connectivity index (χ2v) is 6.28. The van der Waals surface area contributed by atoms with E-state index in [1.165, 1.54) is 22.4 Å². The number of benzene rings is 1. The van der Waals surface area contributed by atoms with Crippen LogP contribution in [0.3, 0.4) is 0 Å². The van der Waals surface area contributed by atoms with E-state index in [1.54, 1.807) is 0 Å². The molecule has 2 rings (SSSR count).